The van der Waals surface area contributed by atoms with Gasteiger partial charge >= 0.3 is 7.60 Å². The summed E-state index contributed by atoms with van der Waals surface area (Å²) >= 11 is 0. The molecule has 0 aromatic carbocycles. The Morgan fingerprint density at radius 2 is 1.47 bits per heavy atom. The fourth-order valence-electron chi connectivity index (χ4n) is 3.06. The first-order valence-corrected chi connectivity index (χ1v) is 9.41. The summed E-state index contributed by atoms with van der Waals surface area (Å²) in [6.45, 7) is 11.7. The van der Waals surface area contributed by atoms with Crippen LogP contribution in [0.25, 0.3) is 0 Å². The van der Waals surface area contributed by atoms with Crippen LogP contribution in [0.3, 0.4) is 0 Å². The first-order valence-electron chi connectivity index (χ1n) is 7.69. The van der Waals surface area contributed by atoms with E-state index in [1.54, 1.807) is 0 Å². The van der Waals surface area contributed by atoms with Gasteiger partial charge in [0, 0.05) is 0 Å². The Hall–Kier alpha value is 0.150. The van der Waals surface area contributed by atoms with Crippen LogP contribution in [-0.4, -0.2) is 19.4 Å². The highest BCUT2D eigenvalue weighted by Crippen LogP contribution is 2.52. The van der Waals surface area contributed by atoms with Gasteiger partial charge in [0.2, 0.25) is 0 Å². The third-order valence-electron chi connectivity index (χ3n) is 4.20. The molecule has 0 atom stereocenters. The van der Waals surface area contributed by atoms with Gasteiger partial charge in [-0.05, 0) is 56.8 Å². The van der Waals surface area contributed by atoms with Gasteiger partial charge in [0.25, 0.3) is 0 Å². The molecule has 1 fully saturated rings. The smallest absolute Gasteiger partial charge is 0.309 e. The van der Waals surface area contributed by atoms with Gasteiger partial charge in [0.1, 0.15) is 0 Å². The molecule has 0 amide bonds. The lowest BCUT2D eigenvalue weighted by Gasteiger charge is -2.37. The number of hydrogen-bond donors (Lipinski definition) is 0. The maximum Gasteiger partial charge on any atom is 0.330 e. The van der Waals surface area contributed by atoms with E-state index in [0.717, 1.165) is 18.8 Å². The van der Waals surface area contributed by atoms with Crippen LogP contribution in [0.5, 0.6) is 0 Å². The topological polar surface area (TPSA) is 35.5 Å². The number of rotatable bonds is 6. The van der Waals surface area contributed by atoms with E-state index in [4.69, 9.17) is 9.05 Å². The average molecular weight is 290 g/mol. The summed E-state index contributed by atoms with van der Waals surface area (Å²) in [5.74, 6) is 1.30. The highest BCUT2D eigenvalue weighted by molar-refractivity contribution is 7.53. The minimum absolute atomic E-state index is 0.397. The summed E-state index contributed by atoms with van der Waals surface area (Å²) in [4.78, 5) is 0. The SMILES string of the molecule is CCOP(=O)(CC1CCC(C(C)(C)C)CC1)OCC. The lowest BCUT2D eigenvalue weighted by molar-refractivity contribution is 0.150. The molecule has 0 radical (unpaired) electrons. The van der Waals surface area contributed by atoms with Crippen LogP contribution in [0, 0.1) is 17.3 Å². The van der Waals surface area contributed by atoms with Crippen molar-refractivity contribution in [3.05, 3.63) is 0 Å². The van der Waals surface area contributed by atoms with E-state index in [1.807, 2.05) is 13.8 Å². The fourth-order valence-corrected chi connectivity index (χ4v) is 5.13. The van der Waals surface area contributed by atoms with Gasteiger partial charge in [0.15, 0.2) is 0 Å². The molecule has 1 aliphatic carbocycles. The van der Waals surface area contributed by atoms with Crippen LogP contribution in [0.15, 0.2) is 0 Å². The van der Waals surface area contributed by atoms with E-state index >= 15 is 0 Å². The van der Waals surface area contributed by atoms with Crippen LogP contribution >= 0.6 is 7.60 Å². The molecule has 0 aromatic heterocycles. The Morgan fingerprint density at radius 1 is 1.00 bits per heavy atom. The van der Waals surface area contributed by atoms with E-state index in [9.17, 15) is 4.57 Å². The predicted octanol–water partition coefficient (Wildman–Crippen LogP) is 5.11. The molecule has 1 saturated carbocycles. The molecule has 114 valence electrons. The van der Waals surface area contributed by atoms with Crippen molar-refractivity contribution < 1.29 is 13.6 Å². The van der Waals surface area contributed by atoms with Gasteiger partial charge < -0.3 is 9.05 Å². The van der Waals surface area contributed by atoms with E-state index in [1.165, 1.54) is 12.8 Å². The van der Waals surface area contributed by atoms with Crippen molar-refractivity contribution in [3.63, 3.8) is 0 Å². The van der Waals surface area contributed by atoms with Gasteiger partial charge in [-0.2, -0.15) is 0 Å². The summed E-state index contributed by atoms with van der Waals surface area (Å²) in [6.07, 6.45) is 5.41. The molecule has 3 nitrogen and oxygen atoms in total. The summed E-state index contributed by atoms with van der Waals surface area (Å²) in [6, 6.07) is 0. The molecule has 0 spiro atoms. The molecular formula is C15H31O3P. The van der Waals surface area contributed by atoms with Gasteiger partial charge in [-0.25, -0.2) is 0 Å². The minimum atomic E-state index is -2.85. The molecule has 0 saturated heterocycles. The Labute approximate surface area is 119 Å². The second-order valence-electron chi connectivity index (χ2n) is 6.71. The zero-order valence-corrected chi connectivity index (χ0v) is 14.2. The first kappa shape index (κ1) is 17.2. The quantitative estimate of drug-likeness (QED) is 0.638. The Bertz CT molecular complexity index is 291. The first-order chi connectivity index (χ1) is 8.80. The van der Waals surface area contributed by atoms with Crippen molar-refractivity contribution in [2.45, 2.75) is 60.3 Å². The van der Waals surface area contributed by atoms with Crippen LogP contribution < -0.4 is 0 Å². The van der Waals surface area contributed by atoms with Crippen molar-refractivity contribution in [2.75, 3.05) is 19.4 Å². The third kappa shape index (κ3) is 5.57. The fraction of sp³-hybridized carbons (Fsp3) is 1.00. The molecule has 4 heteroatoms. The molecule has 0 aromatic rings. The Kier molecular flexibility index (Phi) is 6.56. The van der Waals surface area contributed by atoms with Crippen LogP contribution in [-0.2, 0) is 13.6 Å². The molecule has 0 bridgehead atoms. The molecule has 1 aliphatic rings. The molecule has 1 rings (SSSR count). The van der Waals surface area contributed by atoms with Gasteiger partial charge in [-0.3, -0.25) is 4.57 Å². The summed E-state index contributed by atoms with van der Waals surface area (Å²) in [7, 11) is -2.85. The van der Waals surface area contributed by atoms with Crippen LogP contribution in [0.2, 0.25) is 0 Å². The highest BCUT2D eigenvalue weighted by atomic mass is 31.2. The van der Waals surface area contributed by atoms with Gasteiger partial charge in [0.05, 0.1) is 19.4 Å². The van der Waals surface area contributed by atoms with Crippen LogP contribution in [0.4, 0.5) is 0 Å². The van der Waals surface area contributed by atoms with Crippen LogP contribution in [0.1, 0.15) is 60.3 Å². The predicted molar refractivity (Wildman–Crippen MR) is 80.6 cm³/mol. The van der Waals surface area contributed by atoms with Crippen molar-refractivity contribution in [2.24, 2.45) is 17.3 Å². The standard InChI is InChI=1S/C15H31O3P/c1-6-17-19(16,18-7-2)12-13-8-10-14(11-9-13)15(3,4)5/h13-14H,6-12H2,1-5H3. The summed E-state index contributed by atoms with van der Waals surface area (Å²) in [5, 5.41) is 0. The van der Waals surface area contributed by atoms with Gasteiger partial charge in [-0.15, -0.1) is 0 Å². The summed E-state index contributed by atoms with van der Waals surface area (Å²) in [5.41, 5.74) is 0.397. The maximum absolute atomic E-state index is 12.5. The molecule has 0 N–H and O–H groups in total. The third-order valence-corrected chi connectivity index (χ3v) is 6.47. The largest absolute Gasteiger partial charge is 0.330 e. The Morgan fingerprint density at radius 3 is 1.84 bits per heavy atom. The van der Waals surface area contributed by atoms with E-state index in [2.05, 4.69) is 20.8 Å². The summed E-state index contributed by atoms with van der Waals surface area (Å²) < 4.78 is 23.3. The van der Waals surface area contributed by atoms with Crippen molar-refractivity contribution in [3.8, 4) is 0 Å². The zero-order valence-electron chi connectivity index (χ0n) is 13.3. The van der Waals surface area contributed by atoms with E-state index in [-0.39, 0.29) is 0 Å². The average Bonchev–Trinajstić information content (AvgIpc) is 2.28. The zero-order chi connectivity index (χ0) is 14.5. The van der Waals surface area contributed by atoms with Crippen molar-refractivity contribution in [1.29, 1.82) is 0 Å². The Balaban J connectivity index is 2.49. The second kappa shape index (κ2) is 7.24. The highest BCUT2D eigenvalue weighted by Gasteiger charge is 2.34. The van der Waals surface area contributed by atoms with Gasteiger partial charge in [-0.1, -0.05) is 20.8 Å². The minimum Gasteiger partial charge on any atom is -0.309 e. The molecule has 19 heavy (non-hydrogen) atoms. The molecular weight excluding hydrogens is 259 g/mol. The van der Waals surface area contributed by atoms with E-state index < -0.39 is 7.60 Å². The van der Waals surface area contributed by atoms with Crippen molar-refractivity contribution >= 4 is 7.60 Å². The molecule has 0 heterocycles. The second-order valence-corrected chi connectivity index (χ2v) is 8.82. The molecule has 0 unspecified atom stereocenters. The molecule has 0 aliphatic heterocycles. The maximum atomic E-state index is 12.5. The van der Waals surface area contributed by atoms with E-state index in [0.29, 0.717) is 30.7 Å². The lowest BCUT2D eigenvalue weighted by Crippen LogP contribution is -2.27. The number of hydrogen-bond acceptors (Lipinski definition) is 3. The van der Waals surface area contributed by atoms with Crippen molar-refractivity contribution in [1.82, 2.24) is 0 Å². The monoisotopic (exact) mass is 290 g/mol. The normalized spacial score (nSPS) is 25.5. The lowest BCUT2D eigenvalue weighted by atomic mass is 9.70.